The van der Waals surface area contributed by atoms with Gasteiger partial charge in [-0.05, 0) is 49.2 Å². The molecule has 3 aromatic rings. The number of ether oxygens (including phenoxy) is 1. The van der Waals surface area contributed by atoms with E-state index < -0.39 is 0 Å². The Kier molecular flexibility index (Phi) is 6.11. The van der Waals surface area contributed by atoms with E-state index in [-0.39, 0.29) is 0 Å². The monoisotopic (exact) mass is 417 g/mol. The molecule has 0 aliphatic rings. The zero-order chi connectivity index (χ0) is 19.2. The van der Waals surface area contributed by atoms with Gasteiger partial charge in [0.1, 0.15) is 12.4 Å². The average Bonchev–Trinajstić information content (AvgIpc) is 2.66. The lowest BCUT2D eigenvalue weighted by atomic mass is 10.0. The van der Waals surface area contributed by atoms with Crippen LogP contribution in [0.5, 0.6) is 5.75 Å². The second-order valence-corrected chi connectivity index (χ2v) is 7.41. The van der Waals surface area contributed by atoms with Gasteiger partial charge in [-0.15, -0.1) is 0 Å². The molecule has 0 saturated carbocycles. The second kappa shape index (κ2) is 8.70. The Balaban J connectivity index is 1.91. The highest BCUT2D eigenvalue weighted by atomic mass is 79.9. The minimum atomic E-state index is 0.483. The van der Waals surface area contributed by atoms with Crippen molar-refractivity contribution in [2.75, 3.05) is 0 Å². The summed E-state index contributed by atoms with van der Waals surface area (Å²) in [6.07, 6.45) is 1.88. The fourth-order valence-corrected chi connectivity index (χ4v) is 3.17. The van der Waals surface area contributed by atoms with Gasteiger partial charge in [0.15, 0.2) is 0 Å². The lowest BCUT2D eigenvalue weighted by molar-refractivity contribution is 0.305. The summed E-state index contributed by atoms with van der Waals surface area (Å²) in [5.41, 5.74) is 5.86. The molecule has 0 aromatic heterocycles. The molecule has 2 nitrogen and oxygen atoms in total. The van der Waals surface area contributed by atoms with E-state index in [4.69, 9.17) is 4.74 Å². The van der Waals surface area contributed by atoms with Gasteiger partial charge in [-0.3, -0.25) is 0 Å². The van der Waals surface area contributed by atoms with Crippen molar-refractivity contribution < 1.29 is 4.74 Å². The van der Waals surface area contributed by atoms with Crippen LogP contribution in [0.3, 0.4) is 0 Å². The van der Waals surface area contributed by atoms with Crippen molar-refractivity contribution in [2.45, 2.75) is 20.5 Å². The molecule has 0 aliphatic heterocycles. The Hall–Kier alpha value is -2.83. The fourth-order valence-electron chi connectivity index (χ4n) is 2.80. The van der Waals surface area contributed by atoms with E-state index in [1.807, 2.05) is 67.6 Å². The van der Waals surface area contributed by atoms with E-state index in [0.29, 0.717) is 12.2 Å². The molecule has 0 saturated heterocycles. The van der Waals surface area contributed by atoms with E-state index in [2.05, 4.69) is 41.1 Å². The van der Waals surface area contributed by atoms with Gasteiger partial charge in [-0.2, -0.15) is 5.26 Å². The van der Waals surface area contributed by atoms with Crippen LogP contribution in [0.1, 0.15) is 27.8 Å². The Morgan fingerprint density at radius 3 is 2.48 bits per heavy atom. The predicted molar refractivity (Wildman–Crippen MR) is 114 cm³/mol. The third-order valence-corrected chi connectivity index (χ3v) is 4.72. The van der Waals surface area contributed by atoms with Crippen molar-refractivity contribution in [1.82, 2.24) is 0 Å². The number of benzene rings is 3. The fraction of sp³-hybridized carbons (Fsp3) is 0.125. The van der Waals surface area contributed by atoms with Gasteiger partial charge < -0.3 is 4.74 Å². The van der Waals surface area contributed by atoms with E-state index in [1.54, 1.807) is 0 Å². The van der Waals surface area contributed by atoms with Crippen LogP contribution in [0.4, 0.5) is 0 Å². The summed E-state index contributed by atoms with van der Waals surface area (Å²) in [7, 11) is 0. The van der Waals surface area contributed by atoms with Crippen molar-refractivity contribution in [1.29, 1.82) is 5.26 Å². The summed E-state index contributed by atoms with van der Waals surface area (Å²) in [5.74, 6) is 0.750. The van der Waals surface area contributed by atoms with Gasteiger partial charge in [0.2, 0.25) is 0 Å². The van der Waals surface area contributed by atoms with Crippen LogP contribution in [-0.4, -0.2) is 0 Å². The average molecular weight is 418 g/mol. The van der Waals surface area contributed by atoms with Crippen molar-refractivity contribution in [3.63, 3.8) is 0 Å². The number of allylic oxidation sites excluding steroid dienone is 1. The standard InChI is InChI=1S/C24H20BrNO/c1-17-6-8-20(9-7-17)22(15-26)13-21-14-23(25)10-11-24(21)27-16-19-5-3-4-18(2)12-19/h3-14H,16H2,1-2H3/b22-13-. The van der Waals surface area contributed by atoms with Crippen LogP contribution in [-0.2, 0) is 6.61 Å². The number of hydrogen-bond donors (Lipinski definition) is 0. The molecule has 134 valence electrons. The molecule has 0 N–H and O–H groups in total. The van der Waals surface area contributed by atoms with Crippen LogP contribution >= 0.6 is 15.9 Å². The molecule has 0 amide bonds. The zero-order valence-corrected chi connectivity index (χ0v) is 17.0. The van der Waals surface area contributed by atoms with Crippen molar-refractivity contribution >= 4 is 27.6 Å². The maximum Gasteiger partial charge on any atom is 0.127 e. The third kappa shape index (κ3) is 5.09. The Morgan fingerprint density at radius 1 is 1.00 bits per heavy atom. The van der Waals surface area contributed by atoms with Crippen molar-refractivity contribution in [2.24, 2.45) is 0 Å². The van der Waals surface area contributed by atoms with Gasteiger partial charge in [0, 0.05) is 10.0 Å². The van der Waals surface area contributed by atoms with Gasteiger partial charge in [0.25, 0.3) is 0 Å². The Labute approximate surface area is 168 Å². The van der Waals surface area contributed by atoms with Gasteiger partial charge in [-0.1, -0.05) is 75.6 Å². The number of nitrogens with zero attached hydrogens (tertiary/aromatic N) is 1. The molecule has 0 bridgehead atoms. The number of nitriles is 1. The molecule has 3 heteroatoms. The zero-order valence-electron chi connectivity index (χ0n) is 15.4. The molecular formula is C24H20BrNO. The summed E-state index contributed by atoms with van der Waals surface area (Å²) in [4.78, 5) is 0. The SMILES string of the molecule is Cc1ccc(/C(C#N)=C\c2cc(Br)ccc2OCc2cccc(C)c2)cc1. The summed E-state index contributed by atoms with van der Waals surface area (Å²) < 4.78 is 7.00. The number of aryl methyl sites for hydroxylation is 2. The first-order valence-electron chi connectivity index (χ1n) is 8.72. The number of hydrogen-bond acceptors (Lipinski definition) is 2. The predicted octanol–water partition coefficient (Wildman–Crippen LogP) is 6.71. The molecule has 27 heavy (non-hydrogen) atoms. The Morgan fingerprint density at radius 2 is 1.78 bits per heavy atom. The smallest absolute Gasteiger partial charge is 0.127 e. The largest absolute Gasteiger partial charge is 0.488 e. The summed E-state index contributed by atoms with van der Waals surface area (Å²) in [6.45, 7) is 4.58. The van der Waals surface area contributed by atoms with Crippen LogP contribution in [0.15, 0.2) is 71.2 Å². The molecule has 3 aromatic carbocycles. The van der Waals surface area contributed by atoms with E-state index in [9.17, 15) is 5.26 Å². The summed E-state index contributed by atoms with van der Waals surface area (Å²) in [5, 5.41) is 9.64. The molecule has 0 fully saturated rings. The Bertz CT molecular complexity index is 1010. The lowest BCUT2D eigenvalue weighted by Crippen LogP contribution is -1.97. The van der Waals surface area contributed by atoms with Gasteiger partial charge in [-0.25, -0.2) is 0 Å². The first kappa shape index (κ1) is 18.9. The molecule has 0 radical (unpaired) electrons. The molecule has 0 atom stereocenters. The minimum absolute atomic E-state index is 0.483. The van der Waals surface area contributed by atoms with Crippen molar-refractivity contribution in [3.8, 4) is 11.8 Å². The first-order valence-corrected chi connectivity index (χ1v) is 9.51. The summed E-state index contributed by atoms with van der Waals surface area (Å²) >= 11 is 3.51. The maximum absolute atomic E-state index is 9.64. The highest BCUT2D eigenvalue weighted by molar-refractivity contribution is 9.10. The first-order chi connectivity index (χ1) is 13.0. The molecule has 0 unspecified atom stereocenters. The third-order valence-electron chi connectivity index (χ3n) is 4.23. The van der Waals surface area contributed by atoms with Crippen molar-refractivity contribution in [3.05, 3.63) is 99.0 Å². The van der Waals surface area contributed by atoms with Gasteiger partial charge >= 0.3 is 0 Å². The molecule has 0 spiro atoms. The molecule has 3 rings (SSSR count). The number of halogens is 1. The number of rotatable bonds is 5. The molecular weight excluding hydrogens is 398 g/mol. The van der Waals surface area contributed by atoms with E-state index in [1.165, 1.54) is 11.1 Å². The minimum Gasteiger partial charge on any atom is -0.488 e. The molecule has 0 heterocycles. The maximum atomic E-state index is 9.64. The normalized spacial score (nSPS) is 11.1. The van der Waals surface area contributed by atoms with Crippen LogP contribution < -0.4 is 4.74 Å². The van der Waals surface area contributed by atoms with E-state index >= 15 is 0 Å². The summed E-state index contributed by atoms with van der Waals surface area (Å²) in [6, 6.07) is 24.4. The van der Waals surface area contributed by atoms with Gasteiger partial charge in [0.05, 0.1) is 11.6 Å². The van der Waals surface area contributed by atoms with Crippen LogP contribution in [0.25, 0.3) is 11.6 Å². The second-order valence-electron chi connectivity index (χ2n) is 6.50. The van der Waals surface area contributed by atoms with Crippen LogP contribution in [0.2, 0.25) is 0 Å². The molecule has 0 aliphatic carbocycles. The van der Waals surface area contributed by atoms with E-state index in [0.717, 1.165) is 26.9 Å². The lowest BCUT2D eigenvalue weighted by Gasteiger charge is -2.11. The highest BCUT2D eigenvalue weighted by Gasteiger charge is 2.07. The topological polar surface area (TPSA) is 33.0 Å². The quantitative estimate of drug-likeness (QED) is 0.341. The highest BCUT2D eigenvalue weighted by Crippen LogP contribution is 2.28. The van der Waals surface area contributed by atoms with Crippen LogP contribution in [0, 0.1) is 25.2 Å².